The molecule has 0 radical (unpaired) electrons. The Morgan fingerprint density at radius 3 is 2.18 bits per heavy atom. The molecule has 0 spiro atoms. The van der Waals surface area contributed by atoms with Gasteiger partial charge in [0.2, 0.25) is 0 Å². The molecule has 0 bridgehead atoms. The molecule has 0 amide bonds. The van der Waals surface area contributed by atoms with Gasteiger partial charge in [0.05, 0.1) is 21.2 Å². The third-order valence-electron chi connectivity index (χ3n) is 2.23. The van der Waals surface area contributed by atoms with Crippen LogP contribution in [0.3, 0.4) is 0 Å². The quantitative estimate of drug-likeness (QED) is 0.745. The summed E-state index contributed by atoms with van der Waals surface area (Å²) in [6, 6.07) is 4.59. The van der Waals surface area contributed by atoms with Gasteiger partial charge >= 0.3 is 0 Å². The van der Waals surface area contributed by atoms with Crippen LogP contribution in [0, 0.1) is 6.92 Å². The average molecular weight is 290 g/mol. The minimum Gasteiger partial charge on any atom is -0.469 e. The molecular weight excluding hydrogens is 282 g/mol. The Kier molecular flexibility index (Phi) is 3.48. The molecule has 0 unspecified atom stereocenters. The Morgan fingerprint density at radius 2 is 1.71 bits per heavy atom. The number of carbonyl (C=O) groups is 1. The van der Waals surface area contributed by atoms with Gasteiger partial charge in [-0.25, -0.2) is 0 Å². The lowest BCUT2D eigenvalue weighted by Gasteiger charge is -2.05. The van der Waals surface area contributed by atoms with Crippen LogP contribution < -0.4 is 0 Å². The van der Waals surface area contributed by atoms with Gasteiger partial charge in [-0.3, -0.25) is 4.79 Å². The van der Waals surface area contributed by atoms with E-state index in [2.05, 4.69) is 0 Å². The molecule has 88 valence electrons. The number of carbonyl (C=O) groups excluding carboxylic acids is 1. The number of rotatable bonds is 2. The zero-order chi connectivity index (χ0) is 12.6. The van der Waals surface area contributed by atoms with E-state index in [-0.39, 0.29) is 21.4 Å². The van der Waals surface area contributed by atoms with E-state index < -0.39 is 0 Å². The van der Waals surface area contributed by atoms with E-state index in [1.807, 2.05) is 0 Å². The van der Waals surface area contributed by atoms with Crippen LogP contribution in [0.15, 0.2) is 28.9 Å². The molecule has 0 aliphatic heterocycles. The highest BCUT2D eigenvalue weighted by Gasteiger charge is 2.19. The van der Waals surface area contributed by atoms with E-state index in [9.17, 15) is 4.79 Å². The van der Waals surface area contributed by atoms with E-state index in [1.54, 1.807) is 13.0 Å². The first-order valence-electron chi connectivity index (χ1n) is 4.73. The average Bonchev–Trinajstić information content (AvgIpc) is 2.63. The predicted octanol–water partition coefficient (Wildman–Crippen LogP) is 4.78. The lowest BCUT2D eigenvalue weighted by molar-refractivity contribution is 0.103. The van der Waals surface area contributed by atoms with Gasteiger partial charge in [0.1, 0.15) is 12.0 Å². The molecule has 0 N–H and O–H groups in total. The predicted molar refractivity (Wildman–Crippen MR) is 68.3 cm³/mol. The molecule has 1 aromatic heterocycles. The molecule has 5 heteroatoms. The molecule has 2 aromatic rings. The maximum atomic E-state index is 12.1. The number of benzene rings is 1. The molecule has 1 heterocycles. The van der Waals surface area contributed by atoms with E-state index in [1.165, 1.54) is 18.4 Å². The van der Waals surface area contributed by atoms with Crippen molar-refractivity contribution >= 4 is 40.6 Å². The van der Waals surface area contributed by atoms with Crippen molar-refractivity contribution in [2.45, 2.75) is 6.92 Å². The van der Waals surface area contributed by atoms with Crippen LogP contribution in [0.4, 0.5) is 0 Å². The molecule has 0 aliphatic carbocycles. The molecule has 17 heavy (non-hydrogen) atoms. The van der Waals surface area contributed by atoms with Gasteiger partial charge in [-0.05, 0) is 25.1 Å². The Hall–Kier alpha value is -0.960. The Labute approximate surface area is 113 Å². The molecule has 0 saturated carbocycles. The summed E-state index contributed by atoms with van der Waals surface area (Å²) >= 11 is 17.7. The minimum absolute atomic E-state index is 0.228. The molecule has 2 nitrogen and oxygen atoms in total. The molecule has 1 aromatic carbocycles. The van der Waals surface area contributed by atoms with E-state index in [4.69, 9.17) is 39.2 Å². The Balaban J connectivity index is 2.51. The normalized spacial score (nSPS) is 10.6. The Morgan fingerprint density at radius 1 is 1.12 bits per heavy atom. The largest absolute Gasteiger partial charge is 0.469 e. The summed E-state index contributed by atoms with van der Waals surface area (Å²) in [6.45, 7) is 1.75. The molecule has 0 aliphatic rings. The highest BCUT2D eigenvalue weighted by Crippen LogP contribution is 2.31. The molecule has 0 atom stereocenters. The van der Waals surface area contributed by atoms with Crippen molar-refractivity contribution in [1.82, 2.24) is 0 Å². The number of hydrogen-bond acceptors (Lipinski definition) is 2. The fourth-order valence-electron chi connectivity index (χ4n) is 1.47. The minimum atomic E-state index is -0.284. The highest BCUT2D eigenvalue weighted by atomic mass is 35.5. The third-order valence-corrected chi connectivity index (χ3v) is 3.04. The van der Waals surface area contributed by atoms with Gasteiger partial charge in [-0.15, -0.1) is 0 Å². The van der Waals surface area contributed by atoms with Crippen molar-refractivity contribution in [1.29, 1.82) is 0 Å². The molecule has 0 saturated heterocycles. The Bertz CT molecular complexity index is 564. The zero-order valence-electron chi connectivity index (χ0n) is 8.76. The monoisotopic (exact) mass is 288 g/mol. The third kappa shape index (κ3) is 2.49. The number of aryl methyl sites for hydroxylation is 1. The standard InChI is InChI=1S/C12H7Cl3O2/c1-6-2-7(5-17-6)12(16)11-9(14)3-8(13)4-10(11)15/h2-5H,1H3. The van der Waals surface area contributed by atoms with E-state index in [0.717, 1.165) is 0 Å². The van der Waals surface area contributed by atoms with Crippen LogP contribution in [0.1, 0.15) is 21.7 Å². The van der Waals surface area contributed by atoms with Crippen LogP contribution in [0.25, 0.3) is 0 Å². The van der Waals surface area contributed by atoms with Crippen molar-refractivity contribution in [3.8, 4) is 0 Å². The summed E-state index contributed by atoms with van der Waals surface area (Å²) in [6.07, 6.45) is 1.37. The second-order valence-corrected chi connectivity index (χ2v) is 4.77. The number of halogens is 3. The lowest BCUT2D eigenvalue weighted by atomic mass is 10.1. The van der Waals surface area contributed by atoms with Crippen LogP contribution in [0.5, 0.6) is 0 Å². The van der Waals surface area contributed by atoms with Crippen LogP contribution in [-0.2, 0) is 0 Å². The smallest absolute Gasteiger partial charge is 0.199 e. The van der Waals surface area contributed by atoms with Gasteiger partial charge in [-0.2, -0.15) is 0 Å². The summed E-state index contributed by atoms with van der Waals surface area (Å²) in [4.78, 5) is 12.1. The second-order valence-electron chi connectivity index (χ2n) is 3.52. The fourth-order valence-corrected chi connectivity index (χ4v) is 2.45. The fraction of sp³-hybridized carbons (Fsp3) is 0.0833. The summed E-state index contributed by atoms with van der Waals surface area (Å²) in [5.41, 5.74) is 0.646. The van der Waals surface area contributed by atoms with Crippen LogP contribution in [0.2, 0.25) is 15.1 Å². The van der Waals surface area contributed by atoms with E-state index in [0.29, 0.717) is 16.3 Å². The topological polar surface area (TPSA) is 30.2 Å². The molecular formula is C12H7Cl3O2. The first-order valence-corrected chi connectivity index (χ1v) is 5.87. The second kappa shape index (κ2) is 4.73. The SMILES string of the molecule is Cc1cc(C(=O)c2c(Cl)cc(Cl)cc2Cl)co1. The first kappa shape index (κ1) is 12.5. The zero-order valence-corrected chi connectivity index (χ0v) is 11.0. The van der Waals surface area contributed by atoms with E-state index >= 15 is 0 Å². The summed E-state index contributed by atoms with van der Waals surface area (Å²) in [5.74, 6) is 0.364. The summed E-state index contributed by atoms with van der Waals surface area (Å²) in [7, 11) is 0. The van der Waals surface area contributed by atoms with Gasteiger partial charge in [0, 0.05) is 5.02 Å². The lowest BCUT2D eigenvalue weighted by Crippen LogP contribution is -2.01. The first-order chi connectivity index (χ1) is 7.99. The van der Waals surface area contributed by atoms with Crippen molar-refractivity contribution in [2.75, 3.05) is 0 Å². The maximum Gasteiger partial charge on any atom is 0.199 e. The number of furan rings is 1. The van der Waals surface area contributed by atoms with Gasteiger partial charge < -0.3 is 4.42 Å². The summed E-state index contributed by atoms with van der Waals surface area (Å²) < 4.78 is 5.08. The van der Waals surface area contributed by atoms with Gasteiger partial charge in [-0.1, -0.05) is 34.8 Å². The molecule has 2 rings (SSSR count). The summed E-state index contributed by atoms with van der Waals surface area (Å²) in [5, 5.41) is 0.845. The van der Waals surface area contributed by atoms with Crippen molar-refractivity contribution in [3.05, 3.63) is 56.4 Å². The highest BCUT2D eigenvalue weighted by molar-refractivity contribution is 6.43. The van der Waals surface area contributed by atoms with Crippen molar-refractivity contribution in [2.24, 2.45) is 0 Å². The van der Waals surface area contributed by atoms with Crippen molar-refractivity contribution in [3.63, 3.8) is 0 Å². The van der Waals surface area contributed by atoms with Crippen LogP contribution >= 0.6 is 34.8 Å². The number of ketones is 1. The number of hydrogen-bond donors (Lipinski definition) is 0. The van der Waals surface area contributed by atoms with Gasteiger partial charge in [0.15, 0.2) is 5.78 Å². The molecule has 0 fully saturated rings. The van der Waals surface area contributed by atoms with Gasteiger partial charge in [0.25, 0.3) is 0 Å². The maximum absolute atomic E-state index is 12.1. The van der Waals surface area contributed by atoms with Crippen LogP contribution in [-0.4, -0.2) is 5.78 Å². The van der Waals surface area contributed by atoms with Crippen molar-refractivity contribution < 1.29 is 9.21 Å².